The van der Waals surface area contributed by atoms with Crippen LogP contribution >= 0.6 is 0 Å². The fourth-order valence-electron chi connectivity index (χ4n) is 4.60. The Morgan fingerprint density at radius 2 is 1.86 bits per heavy atom. The number of halogens is 3. The molecule has 1 amide bonds. The first-order valence-electron chi connectivity index (χ1n) is 12.8. The maximum atomic E-state index is 13.1. The van der Waals surface area contributed by atoms with E-state index in [9.17, 15) is 18.0 Å². The molecule has 3 aromatic heterocycles. The fraction of sp³-hybridized carbons (Fsp3) is 0.222. The van der Waals surface area contributed by atoms with E-state index in [1.165, 1.54) is 30.6 Å². The molecule has 0 unspecified atom stereocenters. The van der Waals surface area contributed by atoms with Crippen molar-refractivity contribution in [2.75, 3.05) is 36.4 Å². The minimum atomic E-state index is -4.67. The first-order valence-corrected chi connectivity index (χ1v) is 12.8. The van der Waals surface area contributed by atoms with Crippen molar-refractivity contribution in [1.82, 2.24) is 39.8 Å². The van der Waals surface area contributed by atoms with E-state index in [2.05, 4.69) is 37.2 Å². The highest BCUT2D eigenvalue weighted by molar-refractivity contribution is 5.88. The Morgan fingerprint density at radius 1 is 1.05 bits per heavy atom. The van der Waals surface area contributed by atoms with Crippen molar-refractivity contribution in [3.05, 3.63) is 67.1 Å². The van der Waals surface area contributed by atoms with Crippen LogP contribution in [-0.2, 0) is 11.1 Å². The molecule has 5 aromatic rings. The predicted octanol–water partition coefficient (Wildman–Crippen LogP) is 4.32. The van der Waals surface area contributed by atoms with E-state index in [0.29, 0.717) is 66.2 Å². The van der Waals surface area contributed by atoms with Crippen LogP contribution < -0.4 is 15.0 Å². The first kappa shape index (κ1) is 26.9. The number of ether oxygens (including phenoxy) is 1. The number of carbonyl (C=O) groups is 1. The van der Waals surface area contributed by atoms with Gasteiger partial charge in [-0.3, -0.25) is 4.79 Å². The van der Waals surface area contributed by atoms with E-state index in [-0.39, 0.29) is 21.6 Å². The summed E-state index contributed by atoms with van der Waals surface area (Å²) in [6.07, 6.45) is -0.297. The van der Waals surface area contributed by atoms with Crippen molar-refractivity contribution in [2.24, 2.45) is 0 Å². The molecule has 1 aliphatic heterocycles. The summed E-state index contributed by atoms with van der Waals surface area (Å²) >= 11 is 0. The minimum absolute atomic E-state index is 0.0601. The molecule has 0 radical (unpaired) electrons. The van der Waals surface area contributed by atoms with Crippen LogP contribution in [0.3, 0.4) is 0 Å². The number of carbonyl (C=O) groups excluding carboxylic acids is 1. The third-order valence-corrected chi connectivity index (χ3v) is 6.74. The number of piperazine rings is 1. The molecule has 42 heavy (non-hydrogen) atoms. The molecule has 4 heterocycles. The molecule has 1 N–H and O–H groups in total. The van der Waals surface area contributed by atoms with E-state index in [1.54, 1.807) is 23.2 Å². The Labute approximate surface area is 236 Å². The molecule has 0 bridgehead atoms. The van der Waals surface area contributed by atoms with Crippen molar-refractivity contribution in [3.63, 3.8) is 0 Å². The van der Waals surface area contributed by atoms with Crippen molar-refractivity contribution in [2.45, 2.75) is 13.2 Å². The molecule has 214 valence electrons. The highest BCUT2D eigenvalue weighted by Crippen LogP contribution is 2.32. The van der Waals surface area contributed by atoms with Crippen LogP contribution in [0.25, 0.3) is 22.1 Å². The summed E-state index contributed by atoms with van der Waals surface area (Å²) in [4.78, 5) is 33.5. The zero-order chi connectivity index (χ0) is 29.4. The summed E-state index contributed by atoms with van der Waals surface area (Å²) < 4.78 is 45.1. The van der Waals surface area contributed by atoms with E-state index < -0.39 is 6.30 Å². The normalized spacial score (nSPS) is 13.9. The smallest absolute Gasteiger partial charge is 0.457 e. The lowest BCUT2D eigenvalue weighted by Gasteiger charge is -2.34. The van der Waals surface area contributed by atoms with Gasteiger partial charge >= 0.3 is 6.30 Å². The second-order valence-corrected chi connectivity index (χ2v) is 9.47. The zero-order valence-corrected chi connectivity index (χ0v) is 22.2. The lowest BCUT2D eigenvalue weighted by molar-refractivity contribution is -0.210. The van der Waals surface area contributed by atoms with Gasteiger partial charge in [-0.1, -0.05) is 11.8 Å². The highest BCUT2D eigenvalue weighted by atomic mass is 19.4. The molecule has 15 heteroatoms. The molecular formula is C27H23F3N10O2. The number of aromatic nitrogens is 7. The maximum Gasteiger partial charge on any atom is 0.506 e. The SMILES string of the molecule is C=CC(=O)N1CCN(c2ncc3ncnc(Nc4ccc(Oc5ccc6c(c5)nnn6C(F)(F)F)c(C)c4)c3n2)CC1. The molecule has 0 spiro atoms. The number of fused-ring (bicyclic) bond motifs is 2. The Bertz CT molecular complexity index is 1820. The van der Waals surface area contributed by atoms with E-state index in [0.717, 1.165) is 5.56 Å². The van der Waals surface area contributed by atoms with Gasteiger partial charge in [0.05, 0.1) is 11.7 Å². The van der Waals surface area contributed by atoms with Crippen LogP contribution in [0.1, 0.15) is 5.56 Å². The van der Waals surface area contributed by atoms with Gasteiger partial charge in [0, 0.05) is 37.9 Å². The molecule has 6 rings (SSSR count). The summed E-state index contributed by atoms with van der Waals surface area (Å²) in [5, 5.41) is 10.1. The molecule has 1 fully saturated rings. The van der Waals surface area contributed by atoms with Crippen LogP contribution in [0, 0.1) is 6.92 Å². The molecule has 0 atom stereocenters. The van der Waals surface area contributed by atoms with Gasteiger partial charge in [-0.05, 0) is 48.9 Å². The quantitative estimate of drug-likeness (QED) is 0.292. The van der Waals surface area contributed by atoms with Gasteiger partial charge in [0.15, 0.2) is 5.82 Å². The number of nitrogens with zero attached hydrogens (tertiary/aromatic N) is 9. The van der Waals surface area contributed by atoms with Gasteiger partial charge < -0.3 is 19.9 Å². The van der Waals surface area contributed by atoms with Crippen molar-refractivity contribution >= 4 is 45.4 Å². The molecule has 12 nitrogen and oxygen atoms in total. The molecule has 1 saturated heterocycles. The summed E-state index contributed by atoms with van der Waals surface area (Å²) in [6, 6.07) is 9.47. The summed E-state index contributed by atoms with van der Waals surface area (Å²) in [6.45, 7) is 7.62. The third kappa shape index (κ3) is 5.23. The summed E-state index contributed by atoms with van der Waals surface area (Å²) in [7, 11) is 0. The average Bonchev–Trinajstić information content (AvgIpc) is 3.42. The maximum absolute atomic E-state index is 13.1. The number of hydrogen-bond acceptors (Lipinski definition) is 10. The standard InChI is InChI=1S/C27H23F3N10O2/c1-3-23(41)38-8-10-39(11-9-38)26-31-14-20-24(35-26)25(33-15-32-20)34-17-4-7-22(16(2)12-17)42-18-5-6-21-19(13-18)36-37-40(21)27(28,29)30/h3-7,12-15H,1,8-11H2,2H3,(H,32,33,34). The highest BCUT2D eigenvalue weighted by Gasteiger charge is 2.34. The largest absolute Gasteiger partial charge is 0.506 e. The van der Waals surface area contributed by atoms with Gasteiger partial charge in [0.1, 0.15) is 34.4 Å². The molecule has 0 aliphatic carbocycles. The average molecular weight is 577 g/mol. The van der Waals surface area contributed by atoms with E-state index in [1.807, 2.05) is 17.9 Å². The van der Waals surface area contributed by atoms with Crippen molar-refractivity contribution < 1.29 is 22.7 Å². The van der Waals surface area contributed by atoms with Gasteiger partial charge in [0.2, 0.25) is 11.9 Å². The van der Waals surface area contributed by atoms with Crippen molar-refractivity contribution in [1.29, 1.82) is 0 Å². The van der Waals surface area contributed by atoms with Crippen LogP contribution in [0.2, 0.25) is 0 Å². The van der Waals surface area contributed by atoms with Gasteiger partial charge in [0.25, 0.3) is 0 Å². The van der Waals surface area contributed by atoms with Crippen LogP contribution in [0.4, 0.5) is 30.6 Å². The van der Waals surface area contributed by atoms with Gasteiger partial charge in [-0.2, -0.15) is 4.68 Å². The molecule has 2 aromatic carbocycles. The van der Waals surface area contributed by atoms with Gasteiger partial charge in [-0.25, -0.2) is 19.9 Å². The fourth-order valence-corrected chi connectivity index (χ4v) is 4.60. The number of nitrogens with one attached hydrogen (secondary N) is 1. The Kier molecular flexibility index (Phi) is 6.76. The number of alkyl halides is 3. The second kappa shape index (κ2) is 10.6. The second-order valence-electron chi connectivity index (χ2n) is 9.47. The Balaban J connectivity index is 1.19. The monoisotopic (exact) mass is 576 g/mol. The molecule has 1 aliphatic rings. The van der Waals surface area contributed by atoms with Crippen LogP contribution in [0.15, 0.2) is 61.6 Å². The number of hydrogen-bond donors (Lipinski definition) is 1. The minimum Gasteiger partial charge on any atom is -0.457 e. The third-order valence-electron chi connectivity index (χ3n) is 6.74. The predicted molar refractivity (Wildman–Crippen MR) is 147 cm³/mol. The Morgan fingerprint density at radius 3 is 2.60 bits per heavy atom. The lowest BCUT2D eigenvalue weighted by atomic mass is 10.2. The van der Waals surface area contributed by atoms with Crippen molar-refractivity contribution in [3.8, 4) is 11.5 Å². The molecular weight excluding hydrogens is 553 g/mol. The number of anilines is 3. The van der Waals surface area contributed by atoms with Crippen LogP contribution in [-0.4, -0.2) is 71.9 Å². The first-order chi connectivity index (χ1) is 20.2. The van der Waals surface area contributed by atoms with Gasteiger partial charge in [-0.15, -0.1) is 18.3 Å². The number of benzene rings is 2. The topological polar surface area (TPSA) is 127 Å². The number of amides is 1. The molecule has 0 saturated carbocycles. The Hall–Kier alpha value is -5.34. The summed E-state index contributed by atoms with van der Waals surface area (Å²) in [5.41, 5.74) is 2.46. The zero-order valence-electron chi connectivity index (χ0n) is 22.2. The van der Waals surface area contributed by atoms with E-state index >= 15 is 0 Å². The van der Waals surface area contributed by atoms with Crippen LogP contribution in [0.5, 0.6) is 11.5 Å². The number of rotatable bonds is 6. The summed E-state index contributed by atoms with van der Waals surface area (Å²) in [5.74, 6) is 1.72. The lowest BCUT2D eigenvalue weighted by Crippen LogP contribution is -2.48. The van der Waals surface area contributed by atoms with E-state index in [4.69, 9.17) is 9.72 Å². The number of aryl methyl sites for hydroxylation is 1.